The largest absolute Gasteiger partial charge is 0.325 e. The summed E-state index contributed by atoms with van der Waals surface area (Å²) in [5.74, 6) is 0. The van der Waals surface area contributed by atoms with Crippen molar-refractivity contribution in [1.82, 2.24) is 4.90 Å². The van der Waals surface area contributed by atoms with E-state index < -0.39 is 0 Å². The first-order chi connectivity index (χ1) is 8.73. The molecule has 2 fully saturated rings. The van der Waals surface area contributed by atoms with Crippen molar-refractivity contribution in [1.29, 1.82) is 0 Å². The Labute approximate surface area is 110 Å². The van der Waals surface area contributed by atoms with Crippen LogP contribution in [0.4, 0.5) is 0 Å². The van der Waals surface area contributed by atoms with Crippen molar-refractivity contribution in [3.8, 4) is 0 Å². The van der Waals surface area contributed by atoms with Crippen molar-refractivity contribution < 1.29 is 0 Å². The number of hydrogen-bond acceptors (Lipinski definition) is 2. The number of nitrogens with two attached hydrogens (primary N) is 1. The van der Waals surface area contributed by atoms with Gasteiger partial charge in [-0.3, -0.25) is 0 Å². The molecule has 1 aliphatic heterocycles. The monoisotopic (exact) mass is 244 g/mol. The lowest BCUT2D eigenvalue weighted by atomic mass is 10.0. The van der Waals surface area contributed by atoms with Crippen LogP contribution in [-0.2, 0) is 12.8 Å². The molecule has 0 bridgehead atoms. The van der Waals surface area contributed by atoms with Gasteiger partial charge < -0.3 is 10.6 Å². The SMILES string of the molecule is NC1(Cc2ccc(CCN3CCCC3)cc2)CC1. The Bertz CT molecular complexity index is 386. The number of benzene rings is 1. The predicted octanol–water partition coefficient (Wildman–Crippen LogP) is 2.36. The van der Waals surface area contributed by atoms with Gasteiger partial charge in [-0.2, -0.15) is 0 Å². The van der Waals surface area contributed by atoms with E-state index in [2.05, 4.69) is 29.2 Å². The highest BCUT2D eigenvalue weighted by Gasteiger charge is 2.37. The zero-order chi connectivity index (χ0) is 12.4. The van der Waals surface area contributed by atoms with Gasteiger partial charge in [-0.15, -0.1) is 0 Å². The molecule has 1 aromatic rings. The molecule has 1 heterocycles. The molecule has 2 nitrogen and oxygen atoms in total. The fraction of sp³-hybridized carbons (Fsp3) is 0.625. The highest BCUT2D eigenvalue weighted by molar-refractivity contribution is 5.25. The first kappa shape index (κ1) is 12.2. The molecule has 1 saturated carbocycles. The Morgan fingerprint density at radius 2 is 1.61 bits per heavy atom. The standard InChI is InChI=1S/C16H24N2/c17-16(8-9-16)13-15-5-3-14(4-6-15)7-12-18-10-1-2-11-18/h3-6H,1-2,7-13,17H2. The van der Waals surface area contributed by atoms with Gasteiger partial charge in [0.25, 0.3) is 0 Å². The summed E-state index contributed by atoms with van der Waals surface area (Å²) in [7, 11) is 0. The lowest BCUT2D eigenvalue weighted by Gasteiger charge is -2.14. The minimum Gasteiger partial charge on any atom is -0.325 e. The van der Waals surface area contributed by atoms with Crippen LogP contribution in [0.5, 0.6) is 0 Å². The maximum atomic E-state index is 6.15. The van der Waals surface area contributed by atoms with Crippen molar-refractivity contribution in [2.45, 2.75) is 44.1 Å². The molecule has 0 radical (unpaired) electrons. The zero-order valence-electron chi connectivity index (χ0n) is 11.2. The minimum absolute atomic E-state index is 0.136. The molecule has 98 valence electrons. The van der Waals surface area contributed by atoms with Crippen molar-refractivity contribution in [2.24, 2.45) is 5.73 Å². The van der Waals surface area contributed by atoms with Gasteiger partial charge in [-0.05, 0) is 62.7 Å². The smallest absolute Gasteiger partial charge is 0.0196 e. The van der Waals surface area contributed by atoms with E-state index in [1.165, 1.54) is 62.9 Å². The van der Waals surface area contributed by atoms with E-state index >= 15 is 0 Å². The number of likely N-dealkylation sites (tertiary alicyclic amines) is 1. The molecule has 2 aliphatic rings. The molecule has 2 N–H and O–H groups in total. The Hall–Kier alpha value is -0.860. The van der Waals surface area contributed by atoms with E-state index in [4.69, 9.17) is 5.73 Å². The summed E-state index contributed by atoms with van der Waals surface area (Å²) >= 11 is 0. The van der Waals surface area contributed by atoms with E-state index in [-0.39, 0.29) is 5.54 Å². The van der Waals surface area contributed by atoms with E-state index in [1.54, 1.807) is 0 Å². The maximum Gasteiger partial charge on any atom is 0.0196 e. The fourth-order valence-corrected chi connectivity index (χ4v) is 2.86. The van der Waals surface area contributed by atoms with Crippen LogP contribution >= 0.6 is 0 Å². The second kappa shape index (κ2) is 5.02. The van der Waals surface area contributed by atoms with Gasteiger partial charge in [-0.25, -0.2) is 0 Å². The van der Waals surface area contributed by atoms with E-state index in [9.17, 15) is 0 Å². The Kier molecular flexibility index (Phi) is 3.40. The molecule has 3 rings (SSSR count). The first-order valence-corrected chi connectivity index (χ1v) is 7.33. The molecule has 2 heteroatoms. The molecule has 1 saturated heterocycles. The highest BCUT2D eigenvalue weighted by atomic mass is 15.1. The average molecular weight is 244 g/mol. The van der Waals surface area contributed by atoms with Crippen molar-refractivity contribution >= 4 is 0 Å². The van der Waals surface area contributed by atoms with Crippen LogP contribution in [0.1, 0.15) is 36.8 Å². The fourth-order valence-electron chi connectivity index (χ4n) is 2.86. The minimum atomic E-state index is 0.136. The van der Waals surface area contributed by atoms with Gasteiger partial charge in [0.15, 0.2) is 0 Å². The van der Waals surface area contributed by atoms with Crippen LogP contribution in [0.25, 0.3) is 0 Å². The molecular weight excluding hydrogens is 220 g/mol. The third-order valence-electron chi connectivity index (χ3n) is 4.39. The summed E-state index contributed by atoms with van der Waals surface area (Å²) < 4.78 is 0. The molecular formula is C16H24N2. The Morgan fingerprint density at radius 3 is 2.22 bits per heavy atom. The molecule has 0 unspecified atom stereocenters. The predicted molar refractivity (Wildman–Crippen MR) is 75.7 cm³/mol. The summed E-state index contributed by atoms with van der Waals surface area (Å²) in [5, 5.41) is 0. The van der Waals surface area contributed by atoms with Crippen LogP contribution in [0.3, 0.4) is 0 Å². The van der Waals surface area contributed by atoms with Crippen LogP contribution in [-0.4, -0.2) is 30.1 Å². The second-order valence-corrected chi connectivity index (χ2v) is 6.15. The quantitative estimate of drug-likeness (QED) is 0.861. The van der Waals surface area contributed by atoms with Gasteiger partial charge in [-0.1, -0.05) is 24.3 Å². The topological polar surface area (TPSA) is 29.3 Å². The molecule has 18 heavy (non-hydrogen) atoms. The molecule has 1 aliphatic carbocycles. The molecule has 0 atom stereocenters. The summed E-state index contributed by atoms with van der Waals surface area (Å²) in [4.78, 5) is 2.58. The van der Waals surface area contributed by atoms with Gasteiger partial charge in [0.05, 0.1) is 0 Å². The third kappa shape index (κ3) is 3.12. The van der Waals surface area contributed by atoms with Crippen molar-refractivity contribution in [2.75, 3.05) is 19.6 Å². The van der Waals surface area contributed by atoms with Gasteiger partial charge in [0.1, 0.15) is 0 Å². The molecule has 0 amide bonds. The van der Waals surface area contributed by atoms with Crippen LogP contribution in [0, 0.1) is 0 Å². The lowest BCUT2D eigenvalue weighted by molar-refractivity contribution is 0.343. The molecule has 1 aromatic carbocycles. The summed E-state index contributed by atoms with van der Waals surface area (Å²) in [5.41, 5.74) is 9.16. The number of rotatable bonds is 5. The zero-order valence-corrected chi connectivity index (χ0v) is 11.2. The average Bonchev–Trinajstić information content (AvgIpc) is 2.91. The van der Waals surface area contributed by atoms with Crippen LogP contribution in [0.15, 0.2) is 24.3 Å². The third-order valence-corrected chi connectivity index (χ3v) is 4.39. The first-order valence-electron chi connectivity index (χ1n) is 7.33. The van der Waals surface area contributed by atoms with Crippen molar-refractivity contribution in [3.63, 3.8) is 0 Å². The highest BCUT2D eigenvalue weighted by Crippen LogP contribution is 2.35. The van der Waals surface area contributed by atoms with Gasteiger partial charge >= 0.3 is 0 Å². The molecule has 0 spiro atoms. The van der Waals surface area contributed by atoms with E-state index in [0.717, 1.165) is 6.42 Å². The van der Waals surface area contributed by atoms with Gasteiger partial charge in [0.2, 0.25) is 0 Å². The van der Waals surface area contributed by atoms with Crippen LogP contribution in [0.2, 0.25) is 0 Å². The maximum absolute atomic E-state index is 6.15. The van der Waals surface area contributed by atoms with Crippen molar-refractivity contribution in [3.05, 3.63) is 35.4 Å². The molecule has 0 aromatic heterocycles. The second-order valence-electron chi connectivity index (χ2n) is 6.15. The van der Waals surface area contributed by atoms with E-state index in [0.29, 0.717) is 0 Å². The van der Waals surface area contributed by atoms with E-state index in [1.807, 2.05) is 0 Å². The Morgan fingerprint density at radius 1 is 1.00 bits per heavy atom. The normalized spacial score (nSPS) is 22.3. The summed E-state index contributed by atoms with van der Waals surface area (Å²) in [6.07, 6.45) is 7.41. The number of nitrogens with zero attached hydrogens (tertiary/aromatic N) is 1. The lowest BCUT2D eigenvalue weighted by Crippen LogP contribution is -2.24. The summed E-state index contributed by atoms with van der Waals surface area (Å²) in [6, 6.07) is 9.12. The van der Waals surface area contributed by atoms with Crippen LogP contribution < -0.4 is 5.73 Å². The van der Waals surface area contributed by atoms with Gasteiger partial charge in [0, 0.05) is 12.1 Å². The number of hydrogen-bond donors (Lipinski definition) is 1. The summed E-state index contributed by atoms with van der Waals surface area (Å²) in [6.45, 7) is 3.82. The Balaban J connectivity index is 1.50.